The molecule has 0 saturated carbocycles. The van der Waals surface area contributed by atoms with Gasteiger partial charge in [0.1, 0.15) is 16.9 Å². The normalized spacial score (nSPS) is 16.0. The highest BCUT2D eigenvalue weighted by atomic mass is 16.6. The van der Waals surface area contributed by atoms with Crippen LogP contribution in [0, 0.1) is 0 Å². The van der Waals surface area contributed by atoms with E-state index < -0.39 is 29.3 Å². The molecule has 2 rings (SSSR count). The number of aliphatic imine (C=N–C) groups is 1. The maximum Gasteiger partial charge on any atom is 0.434 e. The van der Waals surface area contributed by atoms with Gasteiger partial charge in [0.2, 0.25) is 0 Å². The molecule has 25 heavy (non-hydrogen) atoms. The third-order valence-corrected chi connectivity index (χ3v) is 2.98. The van der Waals surface area contributed by atoms with E-state index in [1.54, 1.807) is 65.8 Å². The van der Waals surface area contributed by atoms with Crippen LogP contribution in [-0.4, -0.2) is 35.0 Å². The minimum absolute atomic E-state index is 0.143. The van der Waals surface area contributed by atoms with Gasteiger partial charge in [-0.15, -0.1) is 0 Å². The molecule has 7 heteroatoms. The van der Waals surface area contributed by atoms with Gasteiger partial charge < -0.3 is 9.47 Å². The van der Waals surface area contributed by atoms with E-state index in [1.165, 1.54) is 0 Å². The number of nitrogens with zero attached hydrogens (tertiary/aromatic N) is 2. The lowest BCUT2D eigenvalue weighted by Crippen LogP contribution is -2.40. The number of hydrogen-bond acceptors (Lipinski definition) is 5. The summed E-state index contributed by atoms with van der Waals surface area (Å²) < 4.78 is 10.4. The summed E-state index contributed by atoms with van der Waals surface area (Å²) in [5, 5.41) is 0. The predicted molar refractivity (Wildman–Crippen MR) is 92.9 cm³/mol. The number of hydrogen-bond donors (Lipinski definition) is 0. The Bertz CT molecular complexity index is 753. The van der Waals surface area contributed by atoms with Crippen molar-refractivity contribution in [3.05, 3.63) is 29.8 Å². The lowest BCUT2D eigenvalue weighted by Gasteiger charge is -2.23. The summed E-state index contributed by atoms with van der Waals surface area (Å²) in [7, 11) is 0. The molecule has 0 atom stereocenters. The van der Waals surface area contributed by atoms with Crippen LogP contribution in [0.1, 0.15) is 47.1 Å². The van der Waals surface area contributed by atoms with Gasteiger partial charge in [-0.1, -0.05) is 18.2 Å². The van der Waals surface area contributed by atoms with Gasteiger partial charge in [-0.3, -0.25) is 4.79 Å². The number of imide groups is 1. The maximum absolute atomic E-state index is 12.7. The molecular weight excluding hydrogens is 324 g/mol. The zero-order valence-corrected chi connectivity index (χ0v) is 15.2. The molecule has 1 aromatic rings. The fourth-order valence-corrected chi connectivity index (χ4v) is 2.17. The van der Waals surface area contributed by atoms with Crippen molar-refractivity contribution in [1.29, 1.82) is 0 Å². The lowest BCUT2D eigenvalue weighted by atomic mass is 10.1. The SMILES string of the molecule is CC(C)(C)OC(=O)/N=C1\C(=O)N(C(=O)OC(C)(C)C)c2ccccc21. The molecule has 0 unspecified atom stereocenters. The van der Waals surface area contributed by atoms with Crippen LogP contribution >= 0.6 is 0 Å². The Kier molecular flexibility index (Phi) is 4.70. The Morgan fingerprint density at radius 2 is 1.52 bits per heavy atom. The van der Waals surface area contributed by atoms with E-state index in [4.69, 9.17) is 9.47 Å². The molecule has 0 saturated heterocycles. The van der Waals surface area contributed by atoms with Crippen LogP contribution in [0.4, 0.5) is 15.3 Å². The second-order valence-electron chi connectivity index (χ2n) is 7.58. The molecule has 1 aliphatic heterocycles. The van der Waals surface area contributed by atoms with Crippen molar-refractivity contribution >= 4 is 29.5 Å². The van der Waals surface area contributed by atoms with Crippen molar-refractivity contribution in [3.8, 4) is 0 Å². The first-order valence-corrected chi connectivity index (χ1v) is 7.87. The van der Waals surface area contributed by atoms with E-state index in [0.717, 1.165) is 4.90 Å². The third-order valence-electron chi connectivity index (χ3n) is 2.98. The molecule has 0 aromatic heterocycles. The van der Waals surface area contributed by atoms with Crippen LogP contribution in [0.15, 0.2) is 29.3 Å². The van der Waals surface area contributed by atoms with E-state index in [0.29, 0.717) is 11.3 Å². The first-order chi connectivity index (χ1) is 11.4. The molecule has 0 radical (unpaired) electrons. The molecule has 0 bridgehead atoms. The first-order valence-electron chi connectivity index (χ1n) is 7.87. The van der Waals surface area contributed by atoms with Crippen molar-refractivity contribution in [2.75, 3.05) is 4.90 Å². The van der Waals surface area contributed by atoms with Crippen molar-refractivity contribution in [2.24, 2.45) is 4.99 Å². The number of carbonyl (C=O) groups excluding carboxylic acids is 3. The van der Waals surface area contributed by atoms with Gasteiger partial charge in [0, 0.05) is 5.56 Å². The second kappa shape index (κ2) is 6.31. The summed E-state index contributed by atoms with van der Waals surface area (Å²) in [6, 6.07) is 6.57. The standard InChI is InChI=1S/C18H22N2O5/c1-17(2,3)24-15(22)19-13-11-9-7-8-10-12(11)20(14(13)21)16(23)25-18(4,5)6/h7-10H,1-6H3/b19-13-. The molecule has 0 fully saturated rings. The highest BCUT2D eigenvalue weighted by Gasteiger charge is 2.40. The Morgan fingerprint density at radius 3 is 2.08 bits per heavy atom. The van der Waals surface area contributed by atoms with Crippen LogP contribution in [0.2, 0.25) is 0 Å². The highest BCUT2D eigenvalue weighted by molar-refractivity contribution is 6.58. The molecule has 3 amide bonds. The molecular formula is C18H22N2O5. The lowest BCUT2D eigenvalue weighted by molar-refractivity contribution is -0.112. The monoisotopic (exact) mass is 346 g/mol. The smallest absolute Gasteiger partial charge is 0.434 e. The van der Waals surface area contributed by atoms with E-state index in [-0.39, 0.29) is 5.71 Å². The van der Waals surface area contributed by atoms with Gasteiger partial charge in [0.15, 0.2) is 0 Å². The van der Waals surface area contributed by atoms with Gasteiger partial charge in [-0.05, 0) is 47.6 Å². The molecule has 134 valence electrons. The van der Waals surface area contributed by atoms with E-state index in [2.05, 4.69) is 4.99 Å². The minimum Gasteiger partial charge on any atom is -0.443 e. The Labute approximate surface area is 146 Å². The van der Waals surface area contributed by atoms with Crippen molar-refractivity contribution in [3.63, 3.8) is 0 Å². The molecule has 0 aliphatic carbocycles. The predicted octanol–water partition coefficient (Wildman–Crippen LogP) is 3.69. The van der Waals surface area contributed by atoms with Gasteiger partial charge in [0.25, 0.3) is 5.91 Å². The number of ether oxygens (including phenoxy) is 2. The molecule has 0 N–H and O–H groups in total. The number of benzene rings is 1. The van der Waals surface area contributed by atoms with E-state index in [9.17, 15) is 14.4 Å². The van der Waals surface area contributed by atoms with Gasteiger partial charge in [0.05, 0.1) is 5.69 Å². The average molecular weight is 346 g/mol. The summed E-state index contributed by atoms with van der Waals surface area (Å²) in [5.74, 6) is -0.721. The van der Waals surface area contributed by atoms with Gasteiger partial charge in [-0.25, -0.2) is 14.5 Å². The molecule has 1 aliphatic rings. The average Bonchev–Trinajstić information content (AvgIpc) is 2.68. The molecule has 1 aromatic carbocycles. The van der Waals surface area contributed by atoms with Crippen molar-refractivity contribution < 1.29 is 23.9 Å². The maximum atomic E-state index is 12.7. The first kappa shape index (κ1) is 18.6. The molecule has 1 heterocycles. The van der Waals surface area contributed by atoms with Crippen LogP contribution < -0.4 is 4.90 Å². The summed E-state index contributed by atoms with van der Waals surface area (Å²) in [6.45, 7) is 10.2. The summed E-state index contributed by atoms with van der Waals surface area (Å²) in [4.78, 5) is 41.7. The number of fused-ring (bicyclic) bond motifs is 1. The van der Waals surface area contributed by atoms with Crippen molar-refractivity contribution in [1.82, 2.24) is 0 Å². The number of para-hydroxylation sites is 1. The van der Waals surface area contributed by atoms with Crippen LogP contribution in [0.5, 0.6) is 0 Å². The molecule has 0 spiro atoms. The second-order valence-corrected chi connectivity index (χ2v) is 7.58. The topological polar surface area (TPSA) is 85.3 Å². The Hall–Kier alpha value is -2.70. The third kappa shape index (κ3) is 4.43. The molecule has 7 nitrogen and oxygen atoms in total. The minimum atomic E-state index is -0.892. The number of rotatable bonds is 0. The van der Waals surface area contributed by atoms with Gasteiger partial charge >= 0.3 is 12.2 Å². The van der Waals surface area contributed by atoms with E-state index >= 15 is 0 Å². The Balaban J connectivity index is 2.41. The Morgan fingerprint density at radius 1 is 0.960 bits per heavy atom. The zero-order valence-electron chi connectivity index (χ0n) is 15.2. The summed E-state index contributed by atoms with van der Waals surface area (Å²) >= 11 is 0. The van der Waals surface area contributed by atoms with Crippen LogP contribution in [0.3, 0.4) is 0 Å². The number of carbonyl (C=O) groups is 3. The zero-order chi connectivity index (χ0) is 19.0. The summed E-state index contributed by atoms with van der Waals surface area (Å²) in [6.07, 6.45) is -1.71. The fourth-order valence-electron chi connectivity index (χ4n) is 2.17. The number of amides is 3. The quantitative estimate of drug-likeness (QED) is 0.715. The van der Waals surface area contributed by atoms with Crippen molar-refractivity contribution in [2.45, 2.75) is 52.7 Å². The van der Waals surface area contributed by atoms with E-state index in [1.807, 2.05) is 0 Å². The largest absolute Gasteiger partial charge is 0.443 e. The van der Waals surface area contributed by atoms with Gasteiger partial charge in [-0.2, -0.15) is 4.99 Å². The number of anilines is 1. The van der Waals surface area contributed by atoms with Crippen LogP contribution in [0.25, 0.3) is 0 Å². The fraction of sp³-hybridized carbons (Fsp3) is 0.444. The highest BCUT2D eigenvalue weighted by Crippen LogP contribution is 2.31. The summed E-state index contributed by atoms with van der Waals surface area (Å²) in [5.41, 5.74) is -0.950. The van der Waals surface area contributed by atoms with Crippen LogP contribution in [-0.2, 0) is 14.3 Å².